The van der Waals surface area contributed by atoms with Crippen LogP contribution in [0.4, 0.5) is 11.4 Å². The van der Waals surface area contributed by atoms with Crippen molar-refractivity contribution in [3.63, 3.8) is 0 Å². The van der Waals surface area contributed by atoms with Crippen molar-refractivity contribution in [2.24, 2.45) is 5.14 Å². The maximum Gasteiger partial charge on any atom is 0.339 e. The van der Waals surface area contributed by atoms with Crippen molar-refractivity contribution < 1.29 is 37.1 Å². The number of sulfonamides is 1. The van der Waals surface area contributed by atoms with Gasteiger partial charge in [-0.25, -0.2) is 23.1 Å². The van der Waals surface area contributed by atoms with E-state index in [1.165, 1.54) is 24.3 Å². The first-order valence-corrected chi connectivity index (χ1v) is 9.67. The molecule has 0 aliphatic rings. The van der Waals surface area contributed by atoms with Crippen LogP contribution in [0, 0.1) is 0 Å². The van der Waals surface area contributed by atoms with Crippen LogP contribution in [-0.2, 0) is 29.1 Å². The Morgan fingerprint density at radius 2 is 1.40 bits per heavy atom. The number of benzene rings is 2. The fourth-order valence-electron chi connectivity index (χ4n) is 2.28. The third-order valence-corrected chi connectivity index (χ3v) is 4.67. The number of rotatable bonds is 5. The van der Waals surface area contributed by atoms with Gasteiger partial charge in [-0.15, -0.1) is 0 Å². The molecule has 30 heavy (non-hydrogen) atoms. The molecular weight excluding hydrogens is 418 g/mol. The normalized spacial score (nSPS) is 10.6. The van der Waals surface area contributed by atoms with Crippen LogP contribution >= 0.6 is 0 Å². The topological polar surface area (TPSA) is 171 Å². The van der Waals surface area contributed by atoms with Crippen LogP contribution < -0.4 is 15.8 Å². The Morgan fingerprint density at radius 3 is 1.93 bits per heavy atom. The molecule has 2 rings (SSSR count). The number of amides is 2. The zero-order valence-electron chi connectivity index (χ0n) is 15.8. The number of hydrogen-bond acceptors (Lipinski definition) is 8. The van der Waals surface area contributed by atoms with E-state index in [-0.39, 0.29) is 27.4 Å². The largest absolute Gasteiger partial charge is 0.465 e. The Kier molecular flexibility index (Phi) is 6.87. The Labute approximate surface area is 171 Å². The summed E-state index contributed by atoms with van der Waals surface area (Å²) in [6.45, 7) is 0. The number of esters is 2. The minimum atomic E-state index is -3.91. The number of anilines is 2. The third-order valence-electron chi connectivity index (χ3n) is 3.74. The molecule has 0 atom stereocenters. The van der Waals surface area contributed by atoms with Crippen molar-refractivity contribution in [2.75, 3.05) is 24.9 Å². The average Bonchev–Trinajstić information content (AvgIpc) is 2.72. The van der Waals surface area contributed by atoms with Gasteiger partial charge in [-0.05, 0) is 42.5 Å². The number of carbonyl (C=O) groups excluding carboxylic acids is 4. The van der Waals surface area contributed by atoms with Gasteiger partial charge in [-0.2, -0.15) is 0 Å². The molecule has 12 heteroatoms. The quantitative estimate of drug-likeness (QED) is 0.450. The van der Waals surface area contributed by atoms with E-state index >= 15 is 0 Å². The number of carbonyl (C=O) groups is 4. The summed E-state index contributed by atoms with van der Waals surface area (Å²) in [5, 5.41) is 9.47. The van der Waals surface area contributed by atoms with Gasteiger partial charge in [0, 0.05) is 5.69 Å². The molecule has 0 spiro atoms. The van der Waals surface area contributed by atoms with E-state index in [9.17, 15) is 27.6 Å². The molecule has 11 nitrogen and oxygen atoms in total. The van der Waals surface area contributed by atoms with Gasteiger partial charge in [0.15, 0.2) is 0 Å². The SMILES string of the molecule is COC(=O)c1ccc(C(=O)OC)c(NC(=O)C(=O)Nc2ccc(S(N)(=O)=O)cc2)c1. The second-order valence-electron chi connectivity index (χ2n) is 5.72. The van der Waals surface area contributed by atoms with E-state index in [0.717, 1.165) is 32.4 Å². The van der Waals surface area contributed by atoms with E-state index in [1.54, 1.807) is 0 Å². The Bertz CT molecular complexity index is 1110. The molecular formula is C18H17N3O8S. The number of methoxy groups -OCH3 is 2. The van der Waals surface area contributed by atoms with E-state index in [0.29, 0.717) is 0 Å². The van der Waals surface area contributed by atoms with Crippen molar-refractivity contribution in [1.29, 1.82) is 0 Å². The molecule has 0 fully saturated rings. The number of primary sulfonamides is 1. The molecule has 0 heterocycles. The molecule has 0 aliphatic carbocycles. The lowest BCUT2D eigenvalue weighted by Crippen LogP contribution is -2.30. The summed E-state index contributed by atoms with van der Waals surface area (Å²) < 4.78 is 31.7. The van der Waals surface area contributed by atoms with Crippen LogP contribution in [0.25, 0.3) is 0 Å². The summed E-state index contributed by atoms with van der Waals surface area (Å²) in [4.78, 5) is 47.8. The van der Waals surface area contributed by atoms with Crippen LogP contribution in [0.2, 0.25) is 0 Å². The summed E-state index contributed by atoms with van der Waals surface area (Å²) in [5.41, 5.74) is -0.0863. The highest BCUT2D eigenvalue weighted by molar-refractivity contribution is 7.89. The monoisotopic (exact) mass is 435 g/mol. The molecule has 2 amide bonds. The molecule has 0 saturated carbocycles. The molecule has 0 aromatic heterocycles. The minimum absolute atomic E-state index is 0.0273. The van der Waals surface area contributed by atoms with Crippen molar-refractivity contribution in [3.05, 3.63) is 53.6 Å². The van der Waals surface area contributed by atoms with Crippen LogP contribution in [0.15, 0.2) is 47.4 Å². The smallest absolute Gasteiger partial charge is 0.339 e. The summed E-state index contributed by atoms with van der Waals surface area (Å²) >= 11 is 0. The Morgan fingerprint density at radius 1 is 0.833 bits per heavy atom. The standard InChI is InChI=1S/C18H17N3O8S/c1-28-17(24)10-3-8-13(18(25)29-2)14(9-10)21-16(23)15(22)20-11-4-6-12(7-5-11)30(19,26)27/h3-9H,1-2H3,(H,20,22)(H,21,23)(H2,19,26,27). The Hall–Kier alpha value is -3.77. The summed E-state index contributed by atoms with van der Waals surface area (Å²) in [6.07, 6.45) is 0. The second-order valence-corrected chi connectivity index (χ2v) is 7.28. The van der Waals surface area contributed by atoms with Crippen molar-refractivity contribution in [1.82, 2.24) is 0 Å². The van der Waals surface area contributed by atoms with Crippen molar-refractivity contribution >= 4 is 45.2 Å². The third kappa shape index (κ3) is 5.40. The zero-order valence-corrected chi connectivity index (χ0v) is 16.6. The van der Waals surface area contributed by atoms with Gasteiger partial charge in [-0.1, -0.05) is 0 Å². The zero-order chi connectivity index (χ0) is 22.5. The maximum absolute atomic E-state index is 12.2. The first kappa shape index (κ1) is 22.5. The van der Waals surface area contributed by atoms with Crippen LogP contribution in [0.5, 0.6) is 0 Å². The van der Waals surface area contributed by atoms with E-state index in [1.807, 2.05) is 0 Å². The predicted octanol–water partition coefficient (Wildman–Crippen LogP) is 0.484. The van der Waals surface area contributed by atoms with E-state index in [4.69, 9.17) is 5.14 Å². The van der Waals surface area contributed by atoms with Crippen molar-refractivity contribution in [3.8, 4) is 0 Å². The molecule has 0 unspecified atom stereocenters. The second kappa shape index (κ2) is 9.15. The maximum atomic E-state index is 12.2. The average molecular weight is 435 g/mol. The van der Waals surface area contributed by atoms with Crippen LogP contribution in [0.3, 0.4) is 0 Å². The summed E-state index contributed by atoms with van der Waals surface area (Å²) in [7, 11) is -1.63. The fourth-order valence-corrected chi connectivity index (χ4v) is 2.79. The fraction of sp³-hybridized carbons (Fsp3) is 0.111. The minimum Gasteiger partial charge on any atom is -0.465 e. The lowest BCUT2D eigenvalue weighted by Gasteiger charge is -2.11. The highest BCUT2D eigenvalue weighted by atomic mass is 32.2. The van der Waals surface area contributed by atoms with Gasteiger partial charge < -0.3 is 20.1 Å². The molecule has 158 valence electrons. The molecule has 0 bridgehead atoms. The van der Waals surface area contributed by atoms with Gasteiger partial charge in [0.25, 0.3) is 0 Å². The number of nitrogens with two attached hydrogens (primary N) is 1. The first-order valence-electron chi connectivity index (χ1n) is 8.12. The highest BCUT2D eigenvalue weighted by Gasteiger charge is 2.21. The predicted molar refractivity (Wildman–Crippen MR) is 104 cm³/mol. The summed E-state index contributed by atoms with van der Waals surface area (Å²) in [5.74, 6) is -3.79. The van der Waals surface area contributed by atoms with Crippen molar-refractivity contribution in [2.45, 2.75) is 4.90 Å². The molecule has 0 saturated heterocycles. The van der Waals surface area contributed by atoms with Gasteiger partial charge in [-0.3, -0.25) is 9.59 Å². The molecule has 2 aromatic rings. The summed E-state index contributed by atoms with van der Waals surface area (Å²) in [6, 6.07) is 8.46. The number of hydrogen-bond donors (Lipinski definition) is 3. The first-order chi connectivity index (χ1) is 14.1. The van der Waals surface area contributed by atoms with E-state index in [2.05, 4.69) is 20.1 Å². The van der Waals surface area contributed by atoms with Gasteiger partial charge in [0.1, 0.15) is 0 Å². The van der Waals surface area contributed by atoms with E-state index < -0.39 is 33.8 Å². The molecule has 0 aliphatic heterocycles. The van der Waals surface area contributed by atoms with Crippen LogP contribution in [0.1, 0.15) is 20.7 Å². The Balaban J connectivity index is 2.22. The molecule has 0 radical (unpaired) electrons. The number of ether oxygens (including phenoxy) is 2. The molecule has 2 aromatic carbocycles. The van der Waals surface area contributed by atoms with Crippen LogP contribution in [-0.4, -0.2) is 46.4 Å². The molecule has 4 N–H and O–H groups in total. The highest BCUT2D eigenvalue weighted by Crippen LogP contribution is 2.20. The van der Waals surface area contributed by atoms with Gasteiger partial charge in [0.2, 0.25) is 10.0 Å². The van der Waals surface area contributed by atoms with Gasteiger partial charge >= 0.3 is 23.8 Å². The van der Waals surface area contributed by atoms with Gasteiger partial charge in [0.05, 0.1) is 35.9 Å². The lowest BCUT2D eigenvalue weighted by molar-refractivity contribution is -0.133. The number of nitrogens with one attached hydrogen (secondary N) is 2. The lowest BCUT2D eigenvalue weighted by atomic mass is 10.1.